The number of carbonyl (C=O) groups excluding carboxylic acids is 1. The number of hydrogen-bond donors (Lipinski definition) is 0. The lowest BCUT2D eigenvalue weighted by Gasteiger charge is -2.20. The van der Waals surface area contributed by atoms with E-state index >= 15 is 0 Å². The molecule has 0 aliphatic carbocycles. The number of nitrogens with zero attached hydrogens (tertiary/aromatic N) is 1. The molecule has 0 N–H and O–H groups in total. The van der Waals surface area contributed by atoms with Crippen LogP contribution in [0.15, 0.2) is 24.3 Å². The van der Waals surface area contributed by atoms with E-state index in [9.17, 15) is 4.79 Å². The van der Waals surface area contributed by atoms with Crippen LogP contribution in [0.1, 0.15) is 45.4 Å². The molecule has 2 rings (SSSR count). The number of hydrogen-bond acceptors (Lipinski definition) is 2. The van der Waals surface area contributed by atoms with Crippen molar-refractivity contribution in [1.29, 1.82) is 0 Å². The minimum absolute atomic E-state index is 0.312. The molecule has 1 heterocycles. The standard InChI is InChI=1S/C17H23NO2/c1-6-7-13-8-9-15-14(11-13)10-12(2)18(15)16(19)20-17(3,4)5/h8-11H,6-7H2,1-5H3. The zero-order chi connectivity index (χ0) is 14.9. The molecule has 0 amide bonds. The molecule has 3 nitrogen and oxygen atoms in total. The van der Waals surface area contributed by atoms with Crippen molar-refractivity contribution in [1.82, 2.24) is 4.57 Å². The third-order valence-electron chi connectivity index (χ3n) is 3.16. The van der Waals surface area contributed by atoms with Gasteiger partial charge in [-0.1, -0.05) is 19.4 Å². The molecule has 0 spiro atoms. The monoisotopic (exact) mass is 273 g/mol. The van der Waals surface area contributed by atoms with E-state index in [1.165, 1.54) is 5.56 Å². The highest BCUT2D eigenvalue weighted by atomic mass is 16.6. The van der Waals surface area contributed by atoms with Gasteiger partial charge in [-0.15, -0.1) is 0 Å². The van der Waals surface area contributed by atoms with Gasteiger partial charge in [0.25, 0.3) is 0 Å². The van der Waals surface area contributed by atoms with Gasteiger partial charge in [0.05, 0.1) is 5.52 Å². The molecule has 0 radical (unpaired) electrons. The molecule has 0 aliphatic rings. The number of benzene rings is 1. The Balaban J connectivity index is 2.44. The van der Waals surface area contributed by atoms with Gasteiger partial charge < -0.3 is 4.74 Å². The summed E-state index contributed by atoms with van der Waals surface area (Å²) in [5.41, 5.74) is 2.64. The minimum Gasteiger partial charge on any atom is -0.443 e. The van der Waals surface area contributed by atoms with Gasteiger partial charge in [0, 0.05) is 11.1 Å². The van der Waals surface area contributed by atoms with Crippen molar-refractivity contribution in [2.75, 3.05) is 0 Å². The smallest absolute Gasteiger partial charge is 0.419 e. The molecule has 1 aromatic heterocycles. The van der Waals surface area contributed by atoms with Gasteiger partial charge in [0.15, 0.2) is 0 Å². The van der Waals surface area contributed by atoms with Gasteiger partial charge in [0.2, 0.25) is 0 Å². The Labute approximate surface area is 120 Å². The first kappa shape index (κ1) is 14.6. The predicted octanol–water partition coefficient (Wildman–Crippen LogP) is 4.69. The van der Waals surface area contributed by atoms with Crippen molar-refractivity contribution >= 4 is 17.0 Å². The topological polar surface area (TPSA) is 31.2 Å². The second kappa shape index (κ2) is 5.31. The molecule has 3 heteroatoms. The van der Waals surface area contributed by atoms with Gasteiger partial charge in [-0.05, 0) is 57.9 Å². The Hall–Kier alpha value is -1.77. The Morgan fingerprint density at radius 3 is 2.55 bits per heavy atom. The van der Waals surface area contributed by atoms with E-state index < -0.39 is 5.60 Å². The molecular formula is C17H23NO2. The summed E-state index contributed by atoms with van der Waals surface area (Å²) in [5.74, 6) is 0. The number of aryl methyl sites for hydroxylation is 2. The highest BCUT2D eigenvalue weighted by Gasteiger charge is 2.20. The van der Waals surface area contributed by atoms with Crippen LogP contribution in [0.4, 0.5) is 4.79 Å². The number of fused-ring (bicyclic) bond motifs is 1. The Bertz CT molecular complexity index is 632. The molecule has 0 atom stereocenters. The first-order valence-electron chi connectivity index (χ1n) is 7.16. The first-order valence-corrected chi connectivity index (χ1v) is 7.16. The molecule has 0 saturated heterocycles. The number of rotatable bonds is 2. The lowest BCUT2D eigenvalue weighted by Crippen LogP contribution is -2.27. The van der Waals surface area contributed by atoms with E-state index in [1.54, 1.807) is 4.57 Å². The normalized spacial score (nSPS) is 11.8. The van der Waals surface area contributed by atoms with Crippen LogP contribution in [-0.2, 0) is 11.2 Å². The molecule has 0 saturated carbocycles. The van der Waals surface area contributed by atoms with E-state index in [2.05, 4.69) is 19.1 Å². The molecule has 1 aromatic carbocycles. The SMILES string of the molecule is CCCc1ccc2c(c1)cc(C)n2C(=O)OC(C)(C)C. The summed E-state index contributed by atoms with van der Waals surface area (Å²) >= 11 is 0. The van der Waals surface area contributed by atoms with Gasteiger partial charge in [-0.3, -0.25) is 0 Å². The lowest BCUT2D eigenvalue weighted by atomic mass is 10.1. The summed E-state index contributed by atoms with van der Waals surface area (Å²) in [4.78, 5) is 12.3. The molecule has 20 heavy (non-hydrogen) atoms. The van der Waals surface area contributed by atoms with Crippen molar-refractivity contribution in [3.05, 3.63) is 35.5 Å². The van der Waals surface area contributed by atoms with Crippen LogP contribution in [0.2, 0.25) is 0 Å². The van der Waals surface area contributed by atoms with Crippen LogP contribution >= 0.6 is 0 Å². The second-order valence-electron chi connectivity index (χ2n) is 6.24. The van der Waals surface area contributed by atoms with Crippen molar-refractivity contribution in [3.63, 3.8) is 0 Å². The van der Waals surface area contributed by atoms with E-state index in [-0.39, 0.29) is 6.09 Å². The average molecular weight is 273 g/mol. The summed E-state index contributed by atoms with van der Waals surface area (Å²) in [5, 5.41) is 1.10. The van der Waals surface area contributed by atoms with Crippen LogP contribution in [0.25, 0.3) is 10.9 Å². The summed E-state index contributed by atoms with van der Waals surface area (Å²) in [6, 6.07) is 8.30. The highest BCUT2D eigenvalue weighted by molar-refractivity contribution is 5.91. The fraction of sp³-hybridized carbons (Fsp3) is 0.471. The van der Waals surface area contributed by atoms with E-state index in [0.29, 0.717) is 0 Å². The first-order chi connectivity index (χ1) is 9.31. The molecule has 0 bridgehead atoms. The Morgan fingerprint density at radius 2 is 1.95 bits per heavy atom. The van der Waals surface area contributed by atoms with Crippen LogP contribution in [0, 0.1) is 6.92 Å². The minimum atomic E-state index is -0.484. The van der Waals surface area contributed by atoms with Crippen molar-refractivity contribution in [3.8, 4) is 0 Å². The van der Waals surface area contributed by atoms with Crippen LogP contribution in [0.3, 0.4) is 0 Å². The van der Waals surface area contributed by atoms with Crippen molar-refractivity contribution < 1.29 is 9.53 Å². The van der Waals surface area contributed by atoms with Crippen molar-refractivity contribution in [2.45, 2.75) is 53.1 Å². The third kappa shape index (κ3) is 3.03. The lowest BCUT2D eigenvalue weighted by molar-refractivity contribution is 0.0541. The van der Waals surface area contributed by atoms with E-state index in [1.807, 2.05) is 39.8 Å². The largest absolute Gasteiger partial charge is 0.443 e. The summed E-state index contributed by atoms with van der Waals surface area (Å²) in [7, 11) is 0. The molecular weight excluding hydrogens is 250 g/mol. The summed E-state index contributed by atoms with van der Waals surface area (Å²) < 4.78 is 7.12. The quantitative estimate of drug-likeness (QED) is 0.795. The van der Waals surface area contributed by atoms with Crippen molar-refractivity contribution in [2.24, 2.45) is 0 Å². The van der Waals surface area contributed by atoms with Crippen LogP contribution in [-0.4, -0.2) is 16.3 Å². The zero-order valence-corrected chi connectivity index (χ0v) is 13.0. The predicted molar refractivity (Wildman–Crippen MR) is 82.3 cm³/mol. The maximum Gasteiger partial charge on any atom is 0.419 e. The molecule has 0 unspecified atom stereocenters. The Morgan fingerprint density at radius 1 is 1.25 bits per heavy atom. The average Bonchev–Trinajstić information content (AvgIpc) is 2.62. The van der Waals surface area contributed by atoms with E-state index in [4.69, 9.17) is 4.74 Å². The Kier molecular flexibility index (Phi) is 3.89. The number of aromatic nitrogens is 1. The van der Waals surface area contributed by atoms with Crippen LogP contribution < -0.4 is 0 Å². The third-order valence-corrected chi connectivity index (χ3v) is 3.16. The zero-order valence-electron chi connectivity index (χ0n) is 13.0. The number of carbonyl (C=O) groups is 1. The van der Waals surface area contributed by atoms with Gasteiger partial charge in [-0.25, -0.2) is 9.36 Å². The summed E-state index contributed by atoms with van der Waals surface area (Å²) in [6.07, 6.45) is 1.87. The van der Waals surface area contributed by atoms with Crippen LogP contribution in [0.5, 0.6) is 0 Å². The molecule has 108 valence electrons. The summed E-state index contributed by atoms with van der Waals surface area (Å²) in [6.45, 7) is 9.74. The second-order valence-corrected chi connectivity index (χ2v) is 6.24. The highest BCUT2D eigenvalue weighted by Crippen LogP contribution is 2.23. The molecule has 2 aromatic rings. The fourth-order valence-corrected chi connectivity index (χ4v) is 2.40. The molecule has 0 aliphatic heterocycles. The maximum absolute atomic E-state index is 12.3. The number of ether oxygens (including phenoxy) is 1. The van der Waals surface area contributed by atoms with Gasteiger partial charge >= 0.3 is 6.09 Å². The maximum atomic E-state index is 12.3. The fourth-order valence-electron chi connectivity index (χ4n) is 2.40. The van der Waals surface area contributed by atoms with E-state index in [0.717, 1.165) is 29.4 Å². The molecule has 0 fully saturated rings. The van der Waals surface area contributed by atoms with Gasteiger partial charge in [0.1, 0.15) is 5.60 Å². The van der Waals surface area contributed by atoms with Gasteiger partial charge in [-0.2, -0.15) is 0 Å².